The first-order chi connectivity index (χ1) is 7.27. The lowest BCUT2D eigenvalue weighted by atomic mass is 9.88. The molecule has 0 bridgehead atoms. The highest BCUT2D eigenvalue weighted by atomic mass is 35.5. The lowest BCUT2D eigenvalue weighted by Crippen LogP contribution is -2.27. The van der Waals surface area contributed by atoms with Gasteiger partial charge in [0.15, 0.2) is 0 Å². The molecule has 1 heterocycles. The molecule has 2 rings (SSSR count). The summed E-state index contributed by atoms with van der Waals surface area (Å²) in [7, 11) is 0. The third kappa shape index (κ3) is 3.17. The van der Waals surface area contributed by atoms with Crippen LogP contribution in [0.5, 0.6) is 0 Å². The van der Waals surface area contributed by atoms with E-state index in [-0.39, 0.29) is 24.3 Å². The molecule has 2 N–H and O–H groups in total. The predicted molar refractivity (Wildman–Crippen MR) is 64.1 cm³/mol. The first-order valence-corrected chi connectivity index (χ1v) is 5.36. The summed E-state index contributed by atoms with van der Waals surface area (Å²) >= 11 is 0. The SMILES string of the molecule is Cl.N[C@@H](c1ccc(F)cc1)C1CCOCC1. The van der Waals surface area contributed by atoms with Crippen molar-refractivity contribution in [1.82, 2.24) is 0 Å². The van der Waals surface area contributed by atoms with Gasteiger partial charge < -0.3 is 10.5 Å². The normalized spacial score (nSPS) is 18.9. The molecule has 0 aromatic heterocycles. The van der Waals surface area contributed by atoms with Crippen molar-refractivity contribution in [3.8, 4) is 0 Å². The van der Waals surface area contributed by atoms with Gasteiger partial charge in [-0.25, -0.2) is 4.39 Å². The third-order valence-corrected chi connectivity index (χ3v) is 3.03. The molecular weight excluding hydrogens is 229 g/mol. The van der Waals surface area contributed by atoms with Gasteiger partial charge in [0, 0.05) is 19.3 Å². The van der Waals surface area contributed by atoms with E-state index in [1.165, 1.54) is 12.1 Å². The van der Waals surface area contributed by atoms with Crippen LogP contribution in [0.2, 0.25) is 0 Å². The summed E-state index contributed by atoms with van der Waals surface area (Å²) in [6.07, 6.45) is 2.00. The summed E-state index contributed by atoms with van der Waals surface area (Å²) in [5.41, 5.74) is 7.16. The van der Waals surface area contributed by atoms with Crippen LogP contribution in [0, 0.1) is 11.7 Å². The minimum Gasteiger partial charge on any atom is -0.381 e. The van der Waals surface area contributed by atoms with Gasteiger partial charge in [-0.3, -0.25) is 0 Å². The van der Waals surface area contributed by atoms with Crippen LogP contribution in [-0.2, 0) is 4.74 Å². The average Bonchev–Trinajstić information content (AvgIpc) is 2.30. The van der Waals surface area contributed by atoms with Gasteiger partial charge in [0.05, 0.1) is 0 Å². The Morgan fingerprint density at radius 3 is 2.31 bits per heavy atom. The van der Waals surface area contributed by atoms with E-state index < -0.39 is 0 Å². The molecular formula is C12H17ClFNO. The van der Waals surface area contributed by atoms with Gasteiger partial charge in [0.25, 0.3) is 0 Å². The highest BCUT2D eigenvalue weighted by Gasteiger charge is 2.21. The fourth-order valence-electron chi connectivity index (χ4n) is 2.03. The summed E-state index contributed by atoms with van der Waals surface area (Å²) in [4.78, 5) is 0. The van der Waals surface area contributed by atoms with Crippen molar-refractivity contribution in [1.29, 1.82) is 0 Å². The fraction of sp³-hybridized carbons (Fsp3) is 0.500. The van der Waals surface area contributed by atoms with Crippen LogP contribution in [0.25, 0.3) is 0 Å². The van der Waals surface area contributed by atoms with Gasteiger partial charge in [-0.1, -0.05) is 12.1 Å². The second kappa shape index (κ2) is 6.18. The minimum absolute atomic E-state index is 0. The Morgan fingerprint density at radius 1 is 1.19 bits per heavy atom. The lowest BCUT2D eigenvalue weighted by Gasteiger charge is -2.27. The molecule has 1 saturated heterocycles. The van der Waals surface area contributed by atoms with Crippen molar-refractivity contribution >= 4 is 12.4 Å². The molecule has 1 aliphatic rings. The quantitative estimate of drug-likeness (QED) is 0.870. The van der Waals surface area contributed by atoms with E-state index in [0.29, 0.717) is 5.92 Å². The number of halogens is 2. The molecule has 0 amide bonds. The Kier molecular flexibility index (Phi) is 5.19. The van der Waals surface area contributed by atoms with Crippen molar-refractivity contribution in [2.45, 2.75) is 18.9 Å². The van der Waals surface area contributed by atoms with Gasteiger partial charge in [0.1, 0.15) is 5.82 Å². The molecule has 0 saturated carbocycles. The first-order valence-electron chi connectivity index (χ1n) is 5.36. The number of ether oxygens (including phenoxy) is 1. The topological polar surface area (TPSA) is 35.2 Å². The second-order valence-corrected chi connectivity index (χ2v) is 4.03. The average molecular weight is 246 g/mol. The summed E-state index contributed by atoms with van der Waals surface area (Å²) in [6, 6.07) is 6.49. The summed E-state index contributed by atoms with van der Waals surface area (Å²) in [6.45, 7) is 1.58. The zero-order valence-corrected chi connectivity index (χ0v) is 9.88. The van der Waals surface area contributed by atoms with E-state index in [1.807, 2.05) is 0 Å². The van der Waals surface area contributed by atoms with E-state index in [0.717, 1.165) is 31.6 Å². The highest BCUT2D eigenvalue weighted by Crippen LogP contribution is 2.27. The summed E-state index contributed by atoms with van der Waals surface area (Å²) in [5.74, 6) is 0.252. The summed E-state index contributed by atoms with van der Waals surface area (Å²) < 4.78 is 18.0. The number of benzene rings is 1. The molecule has 0 aliphatic carbocycles. The number of hydrogen-bond acceptors (Lipinski definition) is 2. The third-order valence-electron chi connectivity index (χ3n) is 3.03. The van der Waals surface area contributed by atoms with Crippen LogP contribution < -0.4 is 5.73 Å². The molecule has 0 spiro atoms. The van der Waals surface area contributed by atoms with E-state index >= 15 is 0 Å². The zero-order chi connectivity index (χ0) is 10.7. The summed E-state index contributed by atoms with van der Waals surface area (Å²) in [5, 5.41) is 0. The molecule has 90 valence electrons. The molecule has 1 atom stereocenters. The van der Waals surface area contributed by atoms with Crippen LogP contribution in [0.3, 0.4) is 0 Å². The Hall–Kier alpha value is -0.640. The molecule has 1 aromatic rings. The molecule has 4 heteroatoms. The molecule has 2 nitrogen and oxygen atoms in total. The molecule has 0 radical (unpaired) electrons. The Bertz CT molecular complexity index is 311. The monoisotopic (exact) mass is 245 g/mol. The molecule has 0 unspecified atom stereocenters. The largest absolute Gasteiger partial charge is 0.381 e. The Labute approximate surface area is 101 Å². The minimum atomic E-state index is -0.210. The molecule has 1 aromatic carbocycles. The van der Waals surface area contributed by atoms with Crippen molar-refractivity contribution in [3.63, 3.8) is 0 Å². The fourth-order valence-corrected chi connectivity index (χ4v) is 2.03. The highest BCUT2D eigenvalue weighted by molar-refractivity contribution is 5.85. The van der Waals surface area contributed by atoms with Crippen LogP contribution in [0.4, 0.5) is 4.39 Å². The van der Waals surface area contributed by atoms with E-state index in [1.54, 1.807) is 12.1 Å². The molecule has 16 heavy (non-hydrogen) atoms. The van der Waals surface area contributed by atoms with Crippen molar-refractivity contribution in [2.75, 3.05) is 13.2 Å². The Balaban J connectivity index is 0.00000128. The standard InChI is InChI=1S/C12H16FNO.ClH/c13-11-3-1-9(2-4-11)12(14)10-5-7-15-8-6-10;/h1-4,10,12H,5-8,14H2;1H/t12-;/m0./s1. The van der Waals surface area contributed by atoms with Gasteiger partial charge in [-0.15, -0.1) is 12.4 Å². The maximum Gasteiger partial charge on any atom is 0.123 e. The lowest BCUT2D eigenvalue weighted by molar-refractivity contribution is 0.0584. The van der Waals surface area contributed by atoms with Gasteiger partial charge in [0.2, 0.25) is 0 Å². The van der Waals surface area contributed by atoms with Crippen LogP contribution in [-0.4, -0.2) is 13.2 Å². The van der Waals surface area contributed by atoms with E-state index in [4.69, 9.17) is 10.5 Å². The van der Waals surface area contributed by atoms with Crippen molar-refractivity contribution in [2.24, 2.45) is 11.7 Å². The van der Waals surface area contributed by atoms with Crippen LogP contribution in [0.1, 0.15) is 24.4 Å². The van der Waals surface area contributed by atoms with Gasteiger partial charge in [-0.05, 0) is 36.5 Å². The number of rotatable bonds is 2. The van der Waals surface area contributed by atoms with Crippen LogP contribution in [0.15, 0.2) is 24.3 Å². The molecule has 1 fully saturated rings. The van der Waals surface area contributed by atoms with Gasteiger partial charge in [-0.2, -0.15) is 0 Å². The maximum atomic E-state index is 12.7. The maximum absolute atomic E-state index is 12.7. The Morgan fingerprint density at radius 2 is 1.75 bits per heavy atom. The second-order valence-electron chi connectivity index (χ2n) is 4.03. The van der Waals surface area contributed by atoms with Crippen molar-refractivity contribution < 1.29 is 9.13 Å². The molecule has 1 aliphatic heterocycles. The van der Waals surface area contributed by atoms with Crippen molar-refractivity contribution in [3.05, 3.63) is 35.6 Å². The van der Waals surface area contributed by atoms with E-state index in [9.17, 15) is 4.39 Å². The van der Waals surface area contributed by atoms with Gasteiger partial charge >= 0.3 is 0 Å². The van der Waals surface area contributed by atoms with Crippen LogP contribution >= 0.6 is 12.4 Å². The number of hydrogen-bond donors (Lipinski definition) is 1. The van der Waals surface area contributed by atoms with E-state index in [2.05, 4.69) is 0 Å². The smallest absolute Gasteiger partial charge is 0.123 e. The zero-order valence-electron chi connectivity index (χ0n) is 9.06. The predicted octanol–water partition coefficient (Wildman–Crippen LogP) is 2.67. The first kappa shape index (κ1) is 13.4. The number of nitrogens with two attached hydrogens (primary N) is 1.